The molecule has 1 saturated heterocycles. The number of halogens is 1. The molecular weight excluding hydrogens is 295 g/mol. The van der Waals surface area contributed by atoms with Crippen LogP contribution in [0.5, 0.6) is 0 Å². The number of rotatable bonds is 3. The molecule has 0 saturated carbocycles. The van der Waals surface area contributed by atoms with E-state index < -0.39 is 15.8 Å². The quantitative estimate of drug-likeness (QED) is 0.924. The highest BCUT2D eigenvalue weighted by atomic mass is 32.2. The summed E-state index contributed by atoms with van der Waals surface area (Å²) in [6, 6.07) is 4.63. The van der Waals surface area contributed by atoms with E-state index in [1.165, 1.54) is 16.4 Å². The summed E-state index contributed by atoms with van der Waals surface area (Å²) in [4.78, 5) is 12.1. The summed E-state index contributed by atoms with van der Waals surface area (Å²) in [6.07, 6.45) is 2.06. The van der Waals surface area contributed by atoms with Gasteiger partial charge in [-0.05, 0) is 37.5 Å². The molecule has 1 aromatic rings. The summed E-state index contributed by atoms with van der Waals surface area (Å²) in [7, 11) is -3.20. The van der Waals surface area contributed by atoms with Crippen molar-refractivity contribution in [2.45, 2.75) is 19.8 Å². The molecule has 0 aliphatic carbocycles. The van der Waals surface area contributed by atoms with Gasteiger partial charge in [-0.2, -0.15) is 0 Å². The van der Waals surface area contributed by atoms with Gasteiger partial charge in [0.2, 0.25) is 15.9 Å². The Morgan fingerprint density at radius 1 is 1.33 bits per heavy atom. The molecule has 0 radical (unpaired) electrons. The fraction of sp³-hybridized carbons (Fsp3) is 0.500. The van der Waals surface area contributed by atoms with Gasteiger partial charge in [0.25, 0.3) is 0 Å². The number of aryl methyl sites for hydroxylation is 1. The number of nitrogens with zero attached hydrogens (tertiary/aromatic N) is 1. The SMILES string of the molecule is Cc1ccc(NC(=O)C2CCN(S(C)(=O)=O)CC2)c(F)c1. The van der Waals surface area contributed by atoms with E-state index in [0.717, 1.165) is 11.8 Å². The Hall–Kier alpha value is -1.47. The molecule has 21 heavy (non-hydrogen) atoms. The Morgan fingerprint density at radius 3 is 2.48 bits per heavy atom. The molecule has 0 atom stereocenters. The van der Waals surface area contributed by atoms with E-state index in [2.05, 4.69) is 5.32 Å². The largest absolute Gasteiger partial charge is 0.323 e. The molecule has 1 amide bonds. The van der Waals surface area contributed by atoms with Crippen LogP contribution < -0.4 is 5.32 Å². The van der Waals surface area contributed by atoms with Crippen molar-refractivity contribution in [3.05, 3.63) is 29.6 Å². The van der Waals surface area contributed by atoms with Crippen LogP contribution in [0.25, 0.3) is 0 Å². The second-order valence-corrected chi connectivity index (χ2v) is 7.39. The van der Waals surface area contributed by atoms with Crippen LogP contribution in [0.2, 0.25) is 0 Å². The van der Waals surface area contributed by atoms with Gasteiger partial charge in [0.05, 0.1) is 11.9 Å². The van der Waals surface area contributed by atoms with Crippen molar-refractivity contribution in [2.24, 2.45) is 5.92 Å². The van der Waals surface area contributed by atoms with Crippen LogP contribution in [-0.2, 0) is 14.8 Å². The van der Waals surface area contributed by atoms with Gasteiger partial charge in [0.1, 0.15) is 5.82 Å². The van der Waals surface area contributed by atoms with Gasteiger partial charge in [0.15, 0.2) is 0 Å². The van der Waals surface area contributed by atoms with E-state index in [1.807, 2.05) is 0 Å². The number of hydrogen-bond donors (Lipinski definition) is 1. The first kappa shape index (κ1) is 15.9. The molecule has 0 bridgehead atoms. The summed E-state index contributed by atoms with van der Waals surface area (Å²) < 4.78 is 37.9. The predicted molar refractivity (Wildman–Crippen MR) is 78.9 cm³/mol. The van der Waals surface area contributed by atoms with Crippen LogP contribution in [0.3, 0.4) is 0 Å². The molecule has 7 heteroatoms. The van der Waals surface area contributed by atoms with Crippen LogP contribution in [0.4, 0.5) is 10.1 Å². The second kappa shape index (κ2) is 6.11. The van der Waals surface area contributed by atoms with Gasteiger partial charge in [0, 0.05) is 19.0 Å². The van der Waals surface area contributed by atoms with Gasteiger partial charge in [-0.15, -0.1) is 0 Å². The van der Waals surface area contributed by atoms with Crippen LogP contribution in [0.1, 0.15) is 18.4 Å². The van der Waals surface area contributed by atoms with E-state index in [4.69, 9.17) is 0 Å². The van der Waals surface area contributed by atoms with E-state index in [9.17, 15) is 17.6 Å². The Bertz CT molecular complexity index is 638. The number of piperidine rings is 1. The summed E-state index contributed by atoms with van der Waals surface area (Å²) in [6.45, 7) is 2.43. The number of nitrogens with one attached hydrogen (secondary N) is 1. The van der Waals surface area contributed by atoms with Gasteiger partial charge in [-0.3, -0.25) is 4.79 Å². The topological polar surface area (TPSA) is 66.5 Å². The lowest BCUT2D eigenvalue weighted by atomic mass is 9.97. The minimum absolute atomic E-state index is 0.163. The highest BCUT2D eigenvalue weighted by Crippen LogP contribution is 2.22. The average Bonchev–Trinajstić information content (AvgIpc) is 2.41. The zero-order chi connectivity index (χ0) is 15.6. The molecule has 1 aromatic carbocycles. The van der Waals surface area contributed by atoms with Crippen molar-refractivity contribution < 1.29 is 17.6 Å². The molecule has 1 heterocycles. The third-order valence-electron chi connectivity index (χ3n) is 3.68. The summed E-state index contributed by atoms with van der Waals surface area (Å²) in [5, 5.41) is 2.58. The van der Waals surface area contributed by atoms with E-state index in [1.54, 1.807) is 13.0 Å². The van der Waals surface area contributed by atoms with Gasteiger partial charge >= 0.3 is 0 Å². The molecule has 1 fully saturated rings. The maximum Gasteiger partial charge on any atom is 0.227 e. The molecule has 1 aliphatic heterocycles. The summed E-state index contributed by atoms with van der Waals surface area (Å²) >= 11 is 0. The molecular formula is C14H19FN2O3S. The third kappa shape index (κ3) is 4.01. The third-order valence-corrected chi connectivity index (χ3v) is 4.98. The lowest BCUT2D eigenvalue weighted by Crippen LogP contribution is -2.40. The predicted octanol–water partition coefficient (Wildman–Crippen LogP) is 1.74. The molecule has 0 aromatic heterocycles. The van der Waals surface area contributed by atoms with Crippen LogP contribution >= 0.6 is 0 Å². The Morgan fingerprint density at radius 2 is 1.95 bits per heavy atom. The lowest BCUT2D eigenvalue weighted by Gasteiger charge is -2.29. The first-order valence-corrected chi connectivity index (χ1v) is 8.64. The highest BCUT2D eigenvalue weighted by Gasteiger charge is 2.29. The molecule has 5 nitrogen and oxygen atoms in total. The number of carbonyl (C=O) groups is 1. The molecule has 1 aliphatic rings. The first-order chi connectivity index (χ1) is 9.77. The second-order valence-electron chi connectivity index (χ2n) is 5.41. The smallest absolute Gasteiger partial charge is 0.227 e. The Balaban J connectivity index is 1.96. The van der Waals surface area contributed by atoms with Crippen molar-refractivity contribution in [1.82, 2.24) is 4.31 Å². The number of anilines is 1. The number of sulfonamides is 1. The molecule has 0 spiro atoms. The minimum Gasteiger partial charge on any atom is -0.323 e. The van der Waals surface area contributed by atoms with Crippen molar-refractivity contribution >= 4 is 21.6 Å². The molecule has 116 valence electrons. The maximum atomic E-state index is 13.7. The van der Waals surface area contributed by atoms with Crippen LogP contribution in [0.15, 0.2) is 18.2 Å². The minimum atomic E-state index is -3.20. The highest BCUT2D eigenvalue weighted by molar-refractivity contribution is 7.88. The van der Waals surface area contributed by atoms with Crippen molar-refractivity contribution in [3.63, 3.8) is 0 Å². The van der Waals surface area contributed by atoms with Gasteiger partial charge in [-0.1, -0.05) is 6.07 Å². The fourth-order valence-corrected chi connectivity index (χ4v) is 3.28. The fourth-order valence-electron chi connectivity index (χ4n) is 2.41. The number of amides is 1. The van der Waals surface area contributed by atoms with E-state index in [-0.39, 0.29) is 17.5 Å². The van der Waals surface area contributed by atoms with Crippen LogP contribution in [0, 0.1) is 18.7 Å². The van der Waals surface area contributed by atoms with Crippen molar-refractivity contribution in [1.29, 1.82) is 0 Å². The van der Waals surface area contributed by atoms with E-state index >= 15 is 0 Å². The number of benzene rings is 1. The number of carbonyl (C=O) groups excluding carboxylic acids is 1. The zero-order valence-corrected chi connectivity index (χ0v) is 12.9. The maximum absolute atomic E-state index is 13.7. The van der Waals surface area contributed by atoms with E-state index in [0.29, 0.717) is 25.9 Å². The van der Waals surface area contributed by atoms with Crippen molar-refractivity contribution in [2.75, 3.05) is 24.7 Å². The first-order valence-electron chi connectivity index (χ1n) is 6.79. The summed E-state index contributed by atoms with van der Waals surface area (Å²) in [5.41, 5.74) is 0.947. The molecule has 1 N–H and O–H groups in total. The molecule has 0 unspecified atom stereocenters. The summed E-state index contributed by atoms with van der Waals surface area (Å²) in [5.74, 6) is -1.01. The van der Waals surface area contributed by atoms with Gasteiger partial charge < -0.3 is 5.32 Å². The van der Waals surface area contributed by atoms with Crippen LogP contribution in [-0.4, -0.2) is 38.0 Å². The normalized spacial score (nSPS) is 17.7. The van der Waals surface area contributed by atoms with Gasteiger partial charge in [-0.25, -0.2) is 17.1 Å². The zero-order valence-electron chi connectivity index (χ0n) is 12.1. The monoisotopic (exact) mass is 314 g/mol. The lowest BCUT2D eigenvalue weighted by molar-refractivity contribution is -0.120. The molecule has 2 rings (SSSR count). The average molecular weight is 314 g/mol. The standard InChI is InChI=1S/C14H19FN2O3S/c1-10-3-4-13(12(15)9-10)16-14(18)11-5-7-17(8-6-11)21(2,19)20/h3-4,9,11H,5-8H2,1-2H3,(H,16,18). The number of hydrogen-bond acceptors (Lipinski definition) is 3. The Kier molecular flexibility index (Phi) is 4.63. The van der Waals surface area contributed by atoms with Crippen molar-refractivity contribution in [3.8, 4) is 0 Å². The Labute approximate surface area is 124 Å².